The van der Waals surface area contributed by atoms with E-state index in [1.54, 1.807) is 23.1 Å². The predicted molar refractivity (Wildman–Crippen MR) is 82.0 cm³/mol. The second-order valence-corrected chi connectivity index (χ2v) is 5.66. The molecule has 0 N–H and O–H groups in total. The number of benzene rings is 1. The zero-order chi connectivity index (χ0) is 15.2. The number of likely N-dealkylation sites (tertiary alicyclic amines) is 1. The van der Waals surface area contributed by atoms with Crippen molar-refractivity contribution in [2.24, 2.45) is 0 Å². The molecule has 0 aromatic heterocycles. The maximum atomic E-state index is 12.3. The number of carbonyl (C=O) groups is 2. The molecule has 0 radical (unpaired) electrons. The van der Waals surface area contributed by atoms with Gasteiger partial charge in [-0.3, -0.25) is 9.59 Å². The second-order valence-electron chi connectivity index (χ2n) is 5.25. The highest BCUT2D eigenvalue weighted by atomic mass is 35.5. The first kappa shape index (κ1) is 15.8. The van der Waals surface area contributed by atoms with Gasteiger partial charge in [-0.05, 0) is 31.0 Å². The third-order valence-electron chi connectivity index (χ3n) is 3.73. The molecule has 21 heavy (non-hydrogen) atoms. The zero-order valence-electron chi connectivity index (χ0n) is 12.2. The number of halogens is 1. The molecule has 1 heterocycles. The summed E-state index contributed by atoms with van der Waals surface area (Å²) in [7, 11) is 1.53. The Balaban J connectivity index is 2.05. The Kier molecular flexibility index (Phi) is 5.62. The summed E-state index contributed by atoms with van der Waals surface area (Å²) in [6.07, 6.45) is 4.63. The molecule has 1 aromatic carbocycles. The van der Waals surface area contributed by atoms with Gasteiger partial charge in [0.05, 0.1) is 18.7 Å². The SMILES string of the molecule is COc1ccc(C(=O)CN2CCCCCCC2=O)cc1Cl. The van der Waals surface area contributed by atoms with Crippen LogP contribution in [0.5, 0.6) is 5.75 Å². The largest absolute Gasteiger partial charge is 0.495 e. The van der Waals surface area contributed by atoms with Crippen LogP contribution in [0, 0.1) is 0 Å². The van der Waals surface area contributed by atoms with Crippen LogP contribution in [-0.4, -0.2) is 36.8 Å². The van der Waals surface area contributed by atoms with Gasteiger partial charge >= 0.3 is 0 Å². The van der Waals surface area contributed by atoms with E-state index in [0.29, 0.717) is 29.3 Å². The number of hydrogen-bond acceptors (Lipinski definition) is 3. The molecular formula is C16H20ClNO3. The van der Waals surface area contributed by atoms with Gasteiger partial charge in [-0.25, -0.2) is 0 Å². The van der Waals surface area contributed by atoms with Gasteiger partial charge in [0.1, 0.15) is 5.75 Å². The van der Waals surface area contributed by atoms with Crippen molar-refractivity contribution in [1.82, 2.24) is 4.90 Å². The lowest BCUT2D eigenvalue weighted by Gasteiger charge is -2.24. The van der Waals surface area contributed by atoms with Crippen LogP contribution in [0.1, 0.15) is 42.5 Å². The molecule has 4 nitrogen and oxygen atoms in total. The molecule has 0 spiro atoms. The average Bonchev–Trinajstić information content (AvgIpc) is 2.46. The monoisotopic (exact) mass is 309 g/mol. The first-order valence-electron chi connectivity index (χ1n) is 7.26. The number of methoxy groups -OCH3 is 1. The smallest absolute Gasteiger partial charge is 0.222 e. The number of hydrogen-bond donors (Lipinski definition) is 0. The molecular weight excluding hydrogens is 290 g/mol. The van der Waals surface area contributed by atoms with Crippen LogP contribution < -0.4 is 4.74 Å². The zero-order valence-corrected chi connectivity index (χ0v) is 13.0. The van der Waals surface area contributed by atoms with E-state index in [4.69, 9.17) is 16.3 Å². The van der Waals surface area contributed by atoms with Gasteiger partial charge in [0.2, 0.25) is 5.91 Å². The maximum absolute atomic E-state index is 12.3. The molecule has 5 heteroatoms. The molecule has 1 aliphatic heterocycles. The number of ketones is 1. The topological polar surface area (TPSA) is 46.6 Å². The third kappa shape index (κ3) is 4.21. The first-order chi connectivity index (χ1) is 10.1. The lowest BCUT2D eigenvalue weighted by Crippen LogP contribution is -2.37. The molecule has 1 saturated heterocycles. The van der Waals surface area contributed by atoms with Crippen molar-refractivity contribution in [3.8, 4) is 5.75 Å². The Morgan fingerprint density at radius 3 is 2.76 bits per heavy atom. The van der Waals surface area contributed by atoms with E-state index in [-0.39, 0.29) is 18.2 Å². The minimum atomic E-state index is -0.0894. The Labute approximate surface area is 130 Å². The number of nitrogens with zero attached hydrogens (tertiary/aromatic N) is 1. The van der Waals surface area contributed by atoms with Crippen LogP contribution in [0.2, 0.25) is 5.02 Å². The average molecular weight is 310 g/mol. The van der Waals surface area contributed by atoms with Gasteiger partial charge in [0, 0.05) is 18.5 Å². The van der Waals surface area contributed by atoms with Crippen LogP contribution in [0.4, 0.5) is 0 Å². The molecule has 0 unspecified atom stereocenters. The summed E-state index contributed by atoms with van der Waals surface area (Å²) in [5, 5.41) is 0.405. The van der Waals surface area contributed by atoms with Crippen molar-refractivity contribution in [2.45, 2.75) is 32.1 Å². The highest BCUT2D eigenvalue weighted by Crippen LogP contribution is 2.25. The highest BCUT2D eigenvalue weighted by Gasteiger charge is 2.19. The summed E-state index contributed by atoms with van der Waals surface area (Å²) in [6.45, 7) is 0.788. The van der Waals surface area contributed by atoms with E-state index >= 15 is 0 Å². The lowest BCUT2D eigenvalue weighted by molar-refractivity contribution is -0.131. The molecule has 0 atom stereocenters. The highest BCUT2D eigenvalue weighted by molar-refractivity contribution is 6.32. The lowest BCUT2D eigenvalue weighted by atomic mass is 10.1. The van der Waals surface area contributed by atoms with Crippen molar-refractivity contribution in [3.63, 3.8) is 0 Å². The quantitative estimate of drug-likeness (QED) is 0.802. The van der Waals surface area contributed by atoms with Gasteiger partial charge in [0.25, 0.3) is 0 Å². The van der Waals surface area contributed by atoms with E-state index in [1.165, 1.54) is 7.11 Å². The molecule has 114 valence electrons. The molecule has 1 fully saturated rings. The van der Waals surface area contributed by atoms with Crippen LogP contribution in [-0.2, 0) is 4.79 Å². The number of rotatable bonds is 4. The first-order valence-corrected chi connectivity index (χ1v) is 7.64. The van der Waals surface area contributed by atoms with Crippen LogP contribution in [0.25, 0.3) is 0 Å². The second kappa shape index (κ2) is 7.46. The Morgan fingerprint density at radius 1 is 1.29 bits per heavy atom. The number of Topliss-reactive ketones (excluding diaryl/α,β-unsaturated/α-hetero) is 1. The fourth-order valence-corrected chi connectivity index (χ4v) is 2.74. The van der Waals surface area contributed by atoms with Crippen molar-refractivity contribution >= 4 is 23.3 Å². The standard InChI is InChI=1S/C16H20ClNO3/c1-21-15-8-7-12(10-13(15)17)14(19)11-18-9-5-3-2-4-6-16(18)20/h7-8,10H,2-6,9,11H2,1H3. The maximum Gasteiger partial charge on any atom is 0.222 e. The minimum Gasteiger partial charge on any atom is -0.495 e. The molecule has 1 aliphatic rings. The van der Waals surface area contributed by atoms with Crippen LogP contribution in [0.15, 0.2) is 18.2 Å². The van der Waals surface area contributed by atoms with Crippen LogP contribution >= 0.6 is 11.6 Å². The Hall–Kier alpha value is -1.55. The molecule has 2 rings (SSSR count). The van der Waals surface area contributed by atoms with Gasteiger partial charge in [-0.2, -0.15) is 0 Å². The molecule has 1 aromatic rings. The van der Waals surface area contributed by atoms with Gasteiger partial charge in [-0.15, -0.1) is 0 Å². The summed E-state index contributed by atoms with van der Waals surface area (Å²) >= 11 is 6.03. The van der Waals surface area contributed by atoms with Gasteiger partial charge in [-0.1, -0.05) is 24.4 Å². The Bertz CT molecular complexity index is 530. The molecule has 0 saturated carbocycles. The molecule has 0 aliphatic carbocycles. The fraction of sp³-hybridized carbons (Fsp3) is 0.500. The summed E-state index contributed by atoms with van der Waals surface area (Å²) in [5.41, 5.74) is 0.510. The minimum absolute atomic E-state index is 0.0719. The summed E-state index contributed by atoms with van der Waals surface area (Å²) in [4.78, 5) is 26.0. The molecule has 1 amide bonds. The van der Waals surface area contributed by atoms with E-state index in [0.717, 1.165) is 25.7 Å². The van der Waals surface area contributed by atoms with Crippen LogP contribution in [0.3, 0.4) is 0 Å². The van der Waals surface area contributed by atoms with Gasteiger partial charge in [0.15, 0.2) is 5.78 Å². The number of ether oxygens (including phenoxy) is 1. The van der Waals surface area contributed by atoms with E-state index < -0.39 is 0 Å². The van der Waals surface area contributed by atoms with Crippen molar-refractivity contribution in [1.29, 1.82) is 0 Å². The number of amides is 1. The van der Waals surface area contributed by atoms with E-state index in [9.17, 15) is 9.59 Å². The Morgan fingerprint density at radius 2 is 2.05 bits per heavy atom. The third-order valence-corrected chi connectivity index (χ3v) is 4.02. The summed E-state index contributed by atoms with van der Waals surface area (Å²) in [5.74, 6) is 0.520. The van der Waals surface area contributed by atoms with Crippen molar-refractivity contribution in [3.05, 3.63) is 28.8 Å². The van der Waals surface area contributed by atoms with E-state index in [2.05, 4.69) is 0 Å². The van der Waals surface area contributed by atoms with Crippen molar-refractivity contribution in [2.75, 3.05) is 20.2 Å². The normalized spacial score (nSPS) is 16.3. The summed E-state index contributed by atoms with van der Waals surface area (Å²) < 4.78 is 5.07. The molecule has 0 bridgehead atoms. The summed E-state index contributed by atoms with van der Waals surface area (Å²) in [6, 6.07) is 4.95. The predicted octanol–water partition coefficient (Wildman–Crippen LogP) is 3.32. The number of carbonyl (C=O) groups excluding carboxylic acids is 2. The van der Waals surface area contributed by atoms with Gasteiger partial charge < -0.3 is 9.64 Å². The fourth-order valence-electron chi connectivity index (χ4n) is 2.49. The van der Waals surface area contributed by atoms with E-state index in [1.807, 2.05) is 0 Å². The van der Waals surface area contributed by atoms with Crippen molar-refractivity contribution < 1.29 is 14.3 Å².